The van der Waals surface area contributed by atoms with Gasteiger partial charge in [-0.3, -0.25) is 0 Å². The summed E-state index contributed by atoms with van der Waals surface area (Å²) in [7, 11) is 0. The summed E-state index contributed by atoms with van der Waals surface area (Å²) in [5.41, 5.74) is -5.44. The van der Waals surface area contributed by atoms with Gasteiger partial charge in [-0.25, -0.2) is 4.79 Å². The number of fused-ring (bicyclic) bond motifs is 5. The lowest BCUT2D eigenvalue weighted by Gasteiger charge is -2.74. The summed E-state index contributed by atoms with van der Waals surface area (Å²) in [6.45, 7) is 13.4. The molecule has 20 heteroatoms. The first-order valence-electron chi connectivity index (χ1n) is 26.7. The molecular weight excluding hydrogens is 969 g/mol. The van der Waals surface area contributed by atoms with E-state index in [1.165, 1.54) is 0 Å². The van der Waals surface area contributed by atoms with Gasteiger partial charge in [0.25, 0.3) is 0 Å². The maximum atomic E-state index is 13.6. The smallest absolute Gasteiger partial charge is 0.338 e. The van der Waals surface area contributed by atoms with E-state index in [4.69, 9.17) is 37.9 Å². The van der Waals surface area contributed by atoms with Crippen LogP contribution in [0.15, 0.2) is 30.3 Å². The second-order valence-corrected chi connectivity index (χ2v) is 25.5. The van der Waals surface area contributed by atoms with E-state index in [1.54, 1.807) is 31.2 Å². The number of carbonyl (C=O) groups excluding carboxylic acids is 2. The number of carbonyl (C=O) groups is 2. The van der Waals surface area contributed by atoms with Gasteiger partial charge in [0.05, 0.1) is 43.0 Å². The zero-order valence-corrected chi connectivity index (χ0v) is 43.5. The molecule has 74 heavy (non-hydrogen) atoms. The molecule has 0 aromatic heterocycles. The molecule has 9 fully saturated rings. The third-order valence-electron chi connectivity index (χ3n) is 21.6. The van der Waals surface area contributed by atoms with Crippen molar-refractivity contribution >= 4 is 12.3 Å². The number of ether oxygens (including phenoxy) is 8. The normalized spacial score (nSPS) is 54.5. The molecule has 1 aromatic rings. The summed E-state index contributed by atoms with van der Waals surface area (Å²) in [4.78, 5) is 26.7. The lowest BCUT2D eigenvalue weighted by molar-refractivity contribution is -0.382. The average molecular weight is 1050 g/mol. The SMILES string of the molecule is CC1(C)[C@@H](O[C@H]2OC[C@H](O[C@H]3O[C@H](CO)[C@@H](O)[C@@H](O)[C@@H]3O)[C@H](O)[C@H]2O[C@@H]2O[C@H](CO)[C@@H](O)[C@H](O)[C@@H]2O)CC[C@@]2(C)[C@H]1CC[C@]1(C)[C@H]2C[C@H]2O[C@@]23[C@]1(C)CC[C@]1(C)C[C@@H](OC(=O)c2ccccc2)[C@](C)(C=O)C[C@@]13O. The van der Waals surface area contributed by atoms with Gasteiger partial charge in [-0.2, -0.15) is 0 Å². The standard InChI is InChI=1S/C54H80O20/c1-47(2)30-13-16-51(6)31(19-33-54(74-33)52(51,7)18-17-49(4)20-34(48(3,25-57)24-53(49,54)66)71-43(65)26-11-9-8-10-12-26)50(30,5)15-14-32(47)72-46-42(73-45-41(64)39(62)36(59)28(22-56)69-45)37(60)29(23-67-46)70-44-40(63)38(61)35(58)27(21-55)68-44/h8-12,25,27-42,44-46,55-56,58-64,66H,13-24H2,1-7H3/t27-,28-,29+,30+,31+,32+,33-,34-,35-,36-,37+,38-,39+,40+,41+,42-,44-,45+,46-,48+,49-,50+,51-,52-,53-,54-/m1/s1. The van der Waals surface area contributed by atoms with Gasteiger partial charge in [0.15, 0.2) is 18.9 Å². The van der Waals surface area contributed by atoms with E-state index in [-0.39, 0.29) is 41.8 Å². The van der Waals surface area contributed by atoms with Crippen molar-refractivity contribution in [2.75, 3.05) is 19.8 Å². The first-order chi connectivity index (χ1) is 34.7. The van der Waals surface area contributed by atoms with Gasteiger partial charge in [-0.05, 0) is 105 Å². The summed E-state index contributed by atoms with van der Waals surface area (Å²) >= 11 is 0. The van der Waals surface area contributed by atoms with E-state index >= 15 is 0 Å². The molecule has 10 rings (SSSR count). The van der Waals surface area contributed by atoms with Gasteiger partial charge >= 0.3 is 5.97 Å². The third kappa shape index (κ3) is 7.85. The minimum Gasteiger partial charge on any atom is -0.458 e. The number of hydrogen-bond donors (Lipinski definition) is 10. The first-order valence-corrected chi connectivity index (χ1v) is 26.7. The fourth-order valence-electron chi connectivity index (χ4n) is 16.9. The van der Waals surface area contributed by atoms with Crippen LogP contribution in [0.5, 0.6) is 0 Å². The first kappa shape index (κ1) is 55.0. The Balaban J connectivity index is 0.889. The summed E-state index contributed by atoms with van der Waals surface area (Å²) in [6.07, 6.45) is -17.8. The van der Waals surface area contributed by atoms with Gasteiger partial charge in [0.1, 0.15) is 90.7 Å². The van der Waals surface area contributed by atoms with E-state index in [9.17, 15) is 60.7 Å². The summed E-state index contributed by atoms with van der Waals surface area (Å²) in [5, 5.41) is 109. The van der Waals surface area contributed by atoms with E-state index < -0.39 is 150 Å². The molecule has 5 aliphatic carbocycles. The van der Waals surface area contributed by atoms with E-state index in [0.717, 1.165) is 32.0 Å². The van der Waals surface area contributed by atoms with Crippen LogP contribution in [0.4, 0.5) is 0 Å². The Morgan fingerprint density at radius 2 is 1.32 bits per heavy atom. The van der Waals surface area contributed by atoms with Gasteiger partial charge < -0.3 is 93.8 Å². The van der Waals surface area contributed by atoms with Crippen LogP contribution in [0.3, 0.4) is 0 Å². The molecule has 10 N–H and O–H groups in total. The van der Waals surface area contributed by atoms with Crippen LogP contribution in [0.25, 0.3) is 0 Å². The Morgan fingerprint density at radius 3 is 1.93 bits per heavy atom. The molecule has 4 heterocycles. The van der Waals surface area contributed by atoms with Gasteiger partial charge in [-0.1, -0.05) is 59.7 Å². The number of epoxide rings is 1. The van der Waals surface area contributed by atoms with Crippen LogP contribution in [-0.4, -0.2) is 199 Å². The van der Waals surface area contributed by atoms with Crippen LogP contribution in [-0.2, 0) is 42.7 Å². The Hall–Kier alpha value is -2.32. The number of aliphatic hydroxyl groups is 10. The topological polar surface area (TPSA) is 314 Å². The molecule has 1 aromatic carbocycles. The third-order valence-corrected chi connectivity index (χ3v) is 21.6. The van der Waals surface area contributed by atoms with E-state index in [2.05, 4.69) is 41.5 Å². The van der Waals surface area contributed by atoms with Crippen molar-refractivity contribution < 1.29 is 98.5 Å². The van der Waals surface area contributed by atoms with Gasteiger partial charge in [0, 0.05) is 10.8 Å². The second kappa shape index (κ2) is 18.9. The molecule has 0 amide bonds. The van der Waals surface area contributed by atoms with Crippen LogP contribution >= 0.6 is 0 Å². The summed E-state index contributed by atoms with van der Waals surface area (Å²) in [5.74, 6) is -0.257. The average Bonchev–Trinajstić information content (AvgIpc) is 4.14. The molecule has 26 atom stereocenters. The number of esters is 1. The molecule has 4 saturated heterocycles. The molecule has 5 saturated carbocycles. The molecule has 20 nitrogen and oxygen atoms in total. The molecular formula is C54H80O20. The van der Waals surface area contributed by atoms with Crippen molar-refractivity contribution in [1.82, 2.24) is 0 Å². The van der Waals surface area contributed by atoms with Crippen molar-refractivity contribution in [3.63, 3.8) is 0 Å². The lowest BCUT2D eigenvalue weighted by Crippen LogP contribution is -2.78. The van der Waals surface area contributed by atoms with Crippen molar-refractivity contribution in [2.24, 2.45) is 44.3 Å². The zero-order chi connectivity index (χ0) is 53.5. The lowest BCUT2D eigenvalue weighted by atomic mass is 9.30. The predicted molar refractivity (Wildman–Crippen MR) is 255 cm³/mol. The highest BCUT2D eigenvalue weighted by Crippen LogP contribution is 2.84. The Kier molecular flexibility index (Phi) is 14.1. The number of rotatable bonds is 11. The summed E-state index contributed by atoms with van der Waals surface area (Å²) < 4.78 is 49.9. The number of hydrogen-bond acceptors (Lipinski definition) is 20. The van der Waals surface area contributed by atoms with Crippen LogP contribution in [0.2, 0.25) is 0 Å². The molecule has 0 bridgehead atoms. The highest BCUT2D eigenvalue weighted by Gasteiger charge is 2.89. The predicted octanol–water partition coefficient (Wildman–Crippen LogP) is 0.621. The maximum Gasteiger partial charge on any atom is 0.338 e. The maximum absolute atomic E-state index is 13.6. The van der Waals surface area contributed by atoms with Crippen molar-refractivity contribution in [2.45, 2.75) is 222 Å². The zero-order valence-electron chi connectivity index (χ0n) is 43.5. The molecule has 0 radical (unpaired) electrons. The minimum atomic E-state index is -1.85. The van der Waals surface area contributed by atoms with Gasteiger partial charge in [0.2, 0.25) is 0 Å². The minimum absolute atomic E-state index is 0.0885. The highest BCUT2D eigenvalue weighted by molar-refractivity contribution is 5.89. The number of aldehydes is 1. The Labute approximate surface area is 431 Å². The number of benzene rings is 1. The molecule has 9 aliphatic rings. The van der Waals surface area contributed by atoms with Crippen LogP contribution < -0.4 is 0 Å². The van der Waals surface area contributed by atoms with E-state index in [0.29, 0.717) is 31.2 Å². The fourth-order valence-corrected chi connectivity index (χ4v) is 16.9. The quantitative estimate of drug-likeness (QED) is 0.0629. The monoisotopic (exact) mass is 1050 g/mol. The molecule has 416 valence electrons. The molecule has 4 aliphatic heterocycles. The van der Waals surface area contributed by atoms with Crippen LogP contribution in [0.1, 0.15) is 117 Å². The van der Waals surface area contributed by atoms with Crippen LogP contribution in [0, 0.1) is 44.3 Å². The van der Waals surface area contributed by atoms with Crippen molar-refractivity contribution in [3.8, 4) is 0 Å². The van der Waals surface area contributed by atoms with Crippen molar-refractivity contribution in [3.05, 3.63) is 35.9 Å². The largest absolute Gasteiger partial charge is 0.458 e. The number of aliphatic hydroxyl groups excluding tert-OH is 9. The molecule has 0 unspecified atom stereocenters. The van der Waals surface area contributed by atoms with Gasteiger partial charge in [-0.15, -0.1) is 0 Å². The van der Waals surface area contributed by atoms with E-state index in [1.807, 2.05) is 6.07 Å². The second-order valence-electron chi connectivity index (χ2n) is 25.5. The Morgan fingerprint density at radius 1 is 0.703 bits per heavy atom. The summed E-state index contributed by atoms with van der Waals surface area (Å²) in [6, 6.07) is 8.73. The van der Waals surface area contributed by atoms with Crippen molar-refractivity contribution in [1.29, 1.82) is 0 Å². The highest BCUT2D eigenvalue weighted by atomic mass is 16.8. The fraction of sp³-hybridized carbons (Fsp3) is 0.852. The Bertz CT molecular complexity index is 2240. The molecule has 1 spiro atoms.